The number of hydrogen-bond donors (Lipinski definition) is 2. The van der Waals surface area contributed by atoms with Crippen molar-refractivity contribution < 1.29 is 14.7 Å². The summed E-state index contributed by atoms with van der Waals surface area (Å²) in [6, 6.07) is 0. The molecular formula is C18H35NO3. The normalized spacial score (nSPS) is 16.1. The monoisotopic (exact) mass is 313 g/mol. The summed E-state index contributed by atoms with van der Waals surface area (Å²) in [4.78, 5) is 24.1. The lowest BCUT2D eigenvalue weighted by molar-refractivity contribution is -0.153. The Balaban J connectivity index is 4.61. The Labute approximate surface area is 135 Å². The van der Waals surface area contributed by atoms with Gasteiger partial charge >= 0.3 is 5.97 Å². The lowest BCUT2D eigenvalue weighted by Crippen LogP contribution is -2.60. The number of unbranched alkanes of at least 4 members (excludes halogenated alkanes) is 5. The molecule has 0 heterocycles. The molecule has 0 saturated heterocycles. The standard InChI is InChI=1S/C18H35NO3/c1-6-8-9-10-11-12-13-14(7-2)15(20)17(3,4)18(5,19)16(21)22/h14H,6-13,19H2,1-5H3,(H,21,22). The molecule has 3 N–H and O–H groups in total. The SMILES string of the molecule is CCCCCCCCC(CC)C(=O)C(C)(C)C(C)(N)C(=O)O. The predicted molar refractivity (Wildman–Crippen MR) is 90.8 cm³/mol. The molecule has 0 aliphatic carbocycles. The predicted octanol–water partition coefficient (Wildman–Crippen LogP) is 4.16. The number of aliphatic carboxylic acids is 1. The summed E-state index contributed by atoms with van der Waals surface area (Å²) in [6.45, 7) is 8.94. The molecule has 0 fully saturated rings. The van der Waals surface area contributed by atoms with Crippen molar-refractivity contribution in [1.82, 2.24) is 0 Å². The molecule has 0 rings (SSSR count). The number of carboxylic acids is 1. The highest BCUT2D eigenvalue weighted by atomic mass is 16.4. The molecule has 0 bridgehead atoms. The molecule has 4 nitrogen and oxygen atoms in total. The van der Waals surface area contributed by atoms with Crippen LogP contribution in [0.15, 0.2) is 0 Å². The van der Waals surface area contributed by atoms with Gasteiger partial charge in [0.15, 0.2) is 0 Å². The third-order valence-corrected chi connectivity index (χ3v) is 5.13. The van der Waals surface area contributed by atoms with Crippen molar-refractivity contribution in [2.24, 2.45) is 17.1 Å². The van der Waals surface area contributed by atoms with Crippen LogP contribution in [0.3, 0.4) is 0 Å². The van der Waals surface area contributed by atoms with E-state index >= 15 is 0 Å². The minimum atomic E-state index is -1.54. The quantitative estimate of drug-likeness (QED) is 0.530. The van der Waals surface area contributed by atoms with E-state index in [1.54, 1.807) is 13.8 Å². The maximum absolute atomic E-state index is 12.8. The molecule has 2 unspecified atom stereocenters. The van der Waals surface area contributed by atoms with Crippen molar-refractivity contribution in [3.05, 3.63) is 0 Å². The lowest BCUT2D eigenvalue weighted by Gasteiger charge is -2.38. The summed E-state index contributed by atoms with van der Waals surface area (Å²) in [5.41, 5.74) is 3.31. The number of Topliss-reactive ketones (excluding diaryl/α,β-unsaturated/α-hetero) is 1. The Hall–Kier alpha value is -0.900. The fraction of sp³-hybridized carbons (Fsp3) is 0.889. The van der Waals surface area contributed by atoms with E-state index in [4.69, 9.17) is 5.73 Å². The summed E-state index contributed by atoms with van der Waals surface area (Å²) >= 11 is 0. The van der Waals surface area contributed by atoms with Crippen molar-refractivity contribution in [2.45, 2.75) is 91.5 Å². The van der Waals surface area contributed by atoms with E-state index in [0.29, 0.717) is 0 Å². The van der Waals surface area contributed by atoms with Crippen LogP contribution in [0.25, 0.3) is 0 Å². The van der Waals surface area contributed by atoms with Gasteiger partial charge in [-0.1, -0.05) is 66.2 Å². The lowest BCUT2D eigenvalue weighted by atomic mass is 9.66. The van der Waals surface area contributed by atoms with E-state index < -0.39 is 16.9 Å². The van der Waals surface area contributed by atoms with Gasteiger partial charge in [-0.2, -0.15) is 0 Å². The van der Waals surface area contributed by atoms with Gasteiger partial charge in [0.05, 0.1) is 5.41 Å². The Kier molecular flexibility index (Phi) is 8.91. The highest BCUT2D eigenvalue weighted by Crippen LogP contribution is 2.35. The maximum Gasteiger partial charge on any atom is 0.324 e. The van der Waals surface area contributed by atoms with Crippen molar-refractivity contribution in [1.29, 1.82) is 0 Å². The second-order valence-electron chi connectivity index (χ2n) is 7.16. The van der Waals surface area contributed by atoms with Gasteiger partial charge in [0.1, 0.15) is 11.3 Å². The van der Waals surface area contributed by atoms with Crippen molar-refractivity contribution >= 4 is 11.8 Å². The average Bonchev–Trinajstić information content (AvgIpc) is 2.45. The van der Waals surface area contributed by atoms with E-state index in [1.165, 1.54) is 32.6 Å². The number of hydrogen-bond acceptors (Lipinski definition) is 3. The number of ketones is 1. The molecule has 0 spiro atoms. The van der Waals surface area contributed by atoms with Crippen molar-refractivity contribution in [2.75, 3.05) is 0 Å². The molecule has 0 amide bonds. The van der Waals surface area contributed by atoms with Crippen molar-refractivity contribution in [3.63, 3.8) is 0 Å². The number of carbonyl (C=O) groups excluding carboxylic acids is 1. The third-order valence-electron chi connectivity index (χ3n) is 5.13. The zero-order chi connectivity index (χ0) is 17.4. The molecule has 2 atom stereocenters. The Bertz CT molecular complexity index is 361. The molecule has 0 radical (unpaired) electrons. The van der Waals surface area contributed by atoms with Gasteiger partial charge in [-0.05, 0) is 19.8 Å². The minimum absolute atomic E-state index is 0.0176. The number of carboxylic acid groups (broad SMARTS) is 1. The highest BCUT2D eigenvalue weighted by Gasteiger charge is 2.50. The van der Waals surface area contributed by atoms with Crippen LogP contribution < -0.4 is 5.73 Å². The molecule has 22 heavy (non-hydrogen) atoms. The van der Waals surface area contributed by atoms with Crippen LogP contribution >= 0.6 is 0 Å². The van der Waals surface area contributed by atoms with Gasteiger partial charge in [-0.3, -0.25) is 9.59 Å². The molecule has 0 aliphatic rings. The van der Waals surface area contributed by atoms with Gasteiger partial charge in [0, 0.05) is 5.92 Å². The van der Waals surface area contributed by atoms with E-state index in [-0.39, 0.29) is 11.7 Å². The second kappa shape index (κ2) is 9.29. The number of carbonyl (C=O) groups is 2. The molecule has 0 aromatic heterocycles. The molecule has 0 saturated carbocycles. The van der Waals surface area contributed by atoms with Gasteiger partial charge in [-0.15, -0.1) is 0 Å². The fourth-order valence-corrected chi connectivity index (χ4v) is 2.73. The first-order valence-corrected chi connectivity index (χ1v) is 8.69. The Morgan fingerprint density at radius 1 is 1.00 bits per heavy atom. The summed E-state index contributed by atoms with van der Waals surface area (Å²) in [5.74, 6) is -1.24. The smallest absolute Gasteiger partial charge is 0.324 e. The average molecular weight is 313 g/mol. The molecule has 0 aliphatic heterocycles. The van der Waals surface area contributed by atoms with E-state index in [0.717, 1.165) is 25.7 Å². The van der Waals surface area contributed by atoms with Crippen LogP contribution in [0.4, 0.5) is 0 Å². The number of rotatable bonds is 12. The maximum atomic E-state index is 12.8. The molecule has 0 aromatic carbocycles. The largest absolute Gasteiger partial charge is 0.480 e. The van der Waals surface area contributed by atoms with Gasteiger partial charge in [0.25, 0.3) is 0 Å². The first-order valence-electron chi connectivity index (χ1n) is 8.69. The van der Waals surface area contributed by atoms with Crippen molar-refractivity contribution in [3.8, 4) is 0 Å². The van der Waals surface area contributed by atoms with Crippen LogP contribution in [0.2, 0.25) is 0 Å². The summed E-state index contributed by atoms with van der Waals surface area (Å²) in [7, 11) is 0. The summed E-state index contributed by atoms with van der Waals surface area (Å²) in [6.07, 6.45) is 8.72. The van der Waals surface area contributed by atoms with Gasteiger partial charge < -0.3 is 10.8 Å². The molecule has 0 aromatic rings. The van der Waals surface area contributed by atoms with E-state index in [2.05, 4.69) is 6.92 Å². The highest BCUT2D eigenvalue weighted by molar-refractivity contribution is 5.94. The fourth-order valence-electron chi connectivity index (χ4n) is 2.73. The Morgan fingerprint density at radius 3 is 1.95 bits per heavy atom. The zero-order valence-electron chi connectivity index (χ0n) is 15.1. The van der Waals surface area contributed by atoms with Crippen LogP contribution in [0.5, 0.6) is 0 Å². The van der Waals surface area contributed by atoms with E-state index in [1.807, 2.05) is 6.92 Å². The zero-order valence-corrected chi connectivity index (χ0v) is 15.1. The van der Waals surface area contributed by atoms with Crippen LogP contribution in [-0.2, 0) is 9.59 Å². The molecule has 4 heteroatoms. The number of nitrogens with two attached hydrogens (primary N) is 1. The second-order valence-corrected chi connectivity index (χ2v) is 7.16. The molecule has 130 valence electrons. The minimum Gasteiger partial charge on any atom is -0.480 e. The summed E-state index contributed by atoms with van der Waals surface area (Å²) in [5, 5.41) is 9.30. The first-order chi connectivity index (χ1) is 10.1. The summed E-state index contributed by atoms with van der Waals surface area (Å²) < 4.78 is 0. The topological polar surface area (TPSA) is 80.4 Å². The Morgan fingerprint density at radius 2 is 1.50 bits per heavy atom. The van der Waals surface area contributed by atoms with Gasteiger partial charge in [0.2, 0.25) is 0 Å². The first kappa shape index (κ1) is 21.1. The third kappa shape index (κ3) is 5.38. The van der Waals surface area contributed by atoms with E-state index in [9.17, 15) is 14.7 Å². The van der Waals surface area contributed by atoms with Crippen LogP contribution in [-0.4, -0.2) is 22.4 Å². The molecular weight excluding hydrogens is 278 g/mol. The van der Waals surface area contributed by atoms with Crippen LogP contribution in [0.1, 0.15) is 86.0 Å². The van der Waals surface area contributed by atoms with Crippen LogP contribution in [0, 0.1) is 11.3 Å². The van der Waals surface area contributed by atoms with Gasteiger partial charge in [-0.25, -0.2) is 0 Å².